The van der Waals surface area contributed by atoms with Crippen LogP contribution in [0, 0.1) is 14.1 Å². The van der Waals surface area contributed by atoms with Gasteiger partial charge in [0.2, 0.25) is 0 Å². The van der Waals surface area contributed by atoms with Crippen LogP contribution in [0.2, 0.25) is 0 Å². The van der Waals surface area contributed by atoms with E-state index in [1.54, 1.807) is 0 Å². The first-order valence-corrected chi connectivity index (χ1v) is 10.1. The fraction of sp³-hybridized carbons (Fsp3) is 0.200. The Labute approximate surface area is 162 Å². The Bertz CT molecular complexity index is 765. The maximum Gasteiger partial charge on any atom is 0.126 e. The van der Waals surface area contributed by atoms with E-state index in [0.29, 0.717) is 26.1 Å². The molecule has 0 fully saturated rings. The zero-order chi connectivity index (χ0) is 17.0. The summed E-state index contributed by atoms with van der Waals surface area (Å²) in [6, 6.07) is 10.7. The minimum Gasteiger partial charge on any atom is -0.744 e. The van der Waals surface area contributed by atoms with Crippen molar-refractivity contribution in [1.82, 2.24) is 0 Å². The normalized spacial score (nSPS) is 11.3. The molecule has 0 unspecified atom stereocenters. The fourth-order valence-corrected chi connectivity index (χ4v) is 5.74. The van der Waals surface area contributed by atoms with Crippen molar-refractivity contribution in [3.05, 3.63) is 49.1 Å². The van der Waals surface area contributed by atoms with Crippen LogP contribution in [0.3, 0.4) is 0 Å². The second-order valence-electron chi connectivity index (χ2n) is 4.68. The molecule has 0 bridgehead atoms. The van der Waals surface area contributed by atoms with Crippen LogP contribution in [0.5, 0.6) is 11.5 Å². The van der Waals surface area contributed by atoms with E-state index in [2.05, 4.69) is 0 Å². The lowest BCUT2D eigenvalue weighted by Gasteiger charge is -2.14. The Morgan fingerprint density at radius 3 is 1.91 bits per heavy atom. The first kappa shape index (κ1) is 18.7. The molecule has 2 aromatic rings. The molecule has 0 N–H and O–H groups in total. The van der Waals surface area contributed by atoms with E-state index >= 15 is 0 Å². The van der Waals surface area contributed by atoms with Gasteiger partial charge >= 0.3 is 0 Å². The molecule has 0 amide bonds. The first-order chi connectivity index (χ1) is 10.8. The second-order valence-corrected chi connectivity index (χ2v) is 8.32. The van der Waals surface area contributed by atoms with Crippen molar-refractivity contribution in [1.29, 1.82) is 0 Å². The van der Waals surface area contributed by atoms with Crippen molar-refractivity contribution in [2.24, 2.45) is 0 Å². The van der Waals surface area contributed by atoms with Gasteiger partial charge in [0.05, 0.1) is 4.90 Å². The molecule has 124 valence electrons. The number of aryl methyl sites for hydroxylation is 1. The molecule has 5 nitrogen and oxygen atoms in total. The molecule has 0 heterocycles. The third-order valence-electron chi connectivity index (χ3n) is 2.86. The third-order valence-corrected chi connectivity index (χ3v) is 6.24. The van der Waals surface area contributed by atoms with Crippen LogP contribution in [0.4, 0.5) is 0 Å². The van der Waals surface area contributed by atoms with Gasteiger partial charge in [-0.25, -0.2) is 8.42 Å². The van der Waals surface area contributed by atoms with Crippen molar-refractivity contribution in [3.63, 3.8) is 0 Å². The number of hydrogen-bond donors (Lipinski definition) is 0. The minimum atomic E-state index is -4.49. The van der Waals surface area contributed by atoms with Crippen molar-refractivity contribution in [2.45, 2.75) is 11.8 Å². The van der Waals surface area contributed by atoms with Crippen LogP contribution in [0.1, 0.15) is 5.56 Å². The molecule has 0 saturated carbocycles. The summed E-state index contributed by atoms with van der Waals surface area (Å²) in [6.45, 7) is 2.67. The van der Waals surface area contributed by atoms with Crippen LogP contribution in [0.25, 0.3) is 0 Å². The van der Waals surface area contributed by atoms with Gasteiger partial charge in [-0.3, -0.25) is 0 Å². The highest BCUT2D eigenvalue weighted by atomic mass is 127. The van der Waals surface area contributed by atoms with Gasteiger partial charge in [-0.2, -0.15) is 0 Å². The molecule has 0 atom stereocenters. The highest BCUT2D eigenvalue weighted by molar-refractivity contribution is 14.1. The summed E-state index contributed by atoms with van der Waals surface area (Å²) in [5.74, 6) is 1.26. The van der Waals surface area contributed by atoms with Crippen LogP contribution in [-0.4, -0.2) is 26.2 Å². The Hall–Kier alpha value is -0.590. The lowest BCUT2D eigenvalue weighted by atomic mass is 10.2. The van der Waals surface area contributed by atoms with Gasteiger partial charge in [-0.15, -0.1) is 0 Å². The van der Waals surface area contributed by atoms with Gasteiger partial charge in [0.25, 0.3) is 0 Å². The monoisotopic (exact) mass is 559 g/mol. The quantitative estimate of drug-likeness (QED) is 0.308. The SMILES string of the molecule is Cc1ccc(OCCOc2cc(I)c(S(=O)(=O)[O-])c(I)c2)cc1. The van der Waals surface area contributed by atoms with Gasteiger partial charge < -0.3 is 14.0 Å². The number of rotatable bonds is 6. The predicted octanol–water partition coefficient (Wildman–Crippen LogP) is 3.57. The van der Waals surface area contributed by atoms with E-state index in [0.717, 1.165) is 11.3 Å². The molecular weight excluding hydrogens is 546 g/mol. The third kappa shape index (κ3) is 5.47. The lowest BCUT2D eigenvalue weighted by Crippen LogP contribution is -2.10. The Morgan fingerprint density at radius 1 is 0.957 bits per heavy atom. The molecule has 0 radical (unpaired) electrons. The van der Waals surface area contributed by atoms with E-state index in [1.807, 2.05) is 76.4 Å². The molecule has 23 heavy (non-hydrogen) atoms. The summed E-state index contributed by atoms with van der Waals surface area (Å²) < 4.78 is 45.4. The number of halogens is 2. The van der Waals surface area contributed by atoms with Gasteiger partial charge in [0.15, 0.2) is 0 Å². The van der Waals surface area contributed by atoms with Crippen LogP contribution in [-0.2, 0) is 10.1 Å². The molecule has 0 aliphatic heterocycles. The zero-order valence-electron chi connectivity index (χ0n) is 12.1. The predicted molar refractivity (Wildman–Crippen MR) is 102 cm³/mol. The van der Waals surface area contributed by atoms with Crippen LogP contribution >= 0.6 is 45.2 Å². The lowest BCUT2D eigenvalue weighted by molar-refractivity contribution is 0.217. The zero-order valence-corrected chi connectivity index (χ0v) is 17.2. The summed E-state index contributed by atoms with van der Waals surface area (Å²) in [4.78, 5) is -0.207. The van der Waals surface area contributed by atoms with Crippen molar-refractivity contribution < 1.29 is 22.4 Å². The van der Waals surface area contributed by atoms with E-state index in [1.165, 1.54) is 12.1 Å². The maximum absolute atomic E-state index is 11.2. The Balaban J connectivity index is 1.95. The molecule has 0 saturated heterocycles. The van der Waals surface area contributed by atoms with Gasteiger partial charge in [0, 0.05) is 7.14 Å². The van der Waals surface area contributed by atoms with Crippen LogP contribution < -0.4 is 9.47 Å². The van der Waals surface area contributed by atoms with E-state index in [-0.39, 0.29) is 4.90 Å². The Morgan fingerprint density at radius 2 is 1.43 bits per heavy atom. The van der Waals surface area contributed by atoms with Crippen molar-refractivity contribution in [3.8, 4) is 11.5 Å². The highest BCUT2D eigenvalue weighted by Gasteiger charge is 2.14. The van der Waals surface area contributed by atoms with Gasteiger partial charge in [-0.1, -0.05) is 17.7 Å². The van der Waals surface area contributed by atoms with Crippen LogP contribution in [0.15, 0.2) is 41.3 Å². The van der Waals surface area contributed by atoms with Gasteiger partial charge in [-0.05, 0) is 76.4 Å². The van der Waals surface area contributed by atoms with Gasteiger partial charge in [0.1, 0.15) is 34.8 Å². The number of benzene rings is 2. The highest BCUT2D eigenvalue weighted by Crippen LogP contribution is 2.29. The average molecular weight is 559 g/mol. The molecule has 8 heteroatoms. The van der Waals surface area contributed by atoms with Crippen molar-refractivity contribution in [2.75, 3.05) is 13.2 Å². The Kier molecular flexibility index (Phi) is 6.51. The minimum absolute atomic E-state index is 0.207. The first-order valence-electron chi connectivity index (χ1n) is 6.54. The van der Waals surface area contributed by atoms with E-state index < -0.39 is 10.1 Å². The second kappa shape index (κ2) is 7.99. The topological polar surface area (TPSA) is 75.7 Å². The molecule has 0 aromatic heterocycles. The standard InChI is InChI=1S/C15H14I2O5S/c1-10-2-4-11(5-3-10)21-6-7-22-12-8-13(16)15(14(17)9-12)23(18,19)20/h2-5,8-9H,6-7H2,1H3,(H,18,19,20)/p-1. The summed E-state index contributed by atoms with van der Waals surface area (Å²) in [6.07, 6.45) is 0. The fourth-order valence-electron chi connectivity index (χ4n) is 1.81. The molecule has 0 aliphatic carbocycles. The molecule has 2 aromatic carbocycles. The summed E-state index contributed by atoms with van der Waals surface area (Å²) in [7, 11) is -4.49. The largest absolute Gasteiger partial charge is 0.744 e. The number of ether oxygens (including phenoxy) is 2. The van der Waals surface area contributed by atoms with Crippen molar-refractivity contribution >= 4 is 55.3 Å². The smallest absolute Gasteiger partial charge is 0.126 e. The summed E-state index contributed by atoms with van der Waals surface area (Å²) >= 11 is 3.63. The molecule has 2 rings (SSSR count). The van der Waals surface area contributed by atoms with E-state index in [9.17, 15) is 13.0 Å². The summed E-state index contributed by atoms with van der Waals surface area (Å²) in [5.41, 5.74) is 1.16. The summed E-state index contributed by atoms with van der Waals surface area (Å²) in [5, 5.41) is 0. The maximum atomic E-state index is 11.2. The number of hydrogen-bond acceptors (Lipinski definition) is 5. The molecular formula is C15H13I2O5S-. The van der Waals surface area contributed by atoms with E-state index in [4.69, 9.17) is 9.47 Å². The molecule has 0 spiro atoms. The average Bonchev–Trinajstić information content (AvgIpc) is 2.43. The molecule has 0 aliphatic rings.